The summed E-state index contributed by atoms with van der Waals surface area (Å²) in [6.07, 6.45) is 8.14. The highest BCUT2D eigenvalue weighted by Gasteiger charge is 2.16. The first-order valence-electron chi connectivity index (χ1n) is 7.12. The van der Waals surface area contributed by atoms with Crippen LogP contribution in [-0.2, 0) is 0 Å². The van der Waals surface area contributed by atoms with Crippen molar-refractivity contribution in [1.82, 2.24) is 9.97 Å². The Kier molecular flexibility index (Phi) is 3.88. The van der Waals surface area contributed by atoms with Gasteiger partial charge in [0.15, 0.2) is 0 Å². The van der Waals surface area contributed by atoms with Crippen molar-refractivity contribution in [1.29, 1.82) is 0 Å². The lowest BCUT2D eigenvalue weighted by molar-refractivity contribution is 0.443. The van der Waals surface area contributed by atoms with Crippen LogP contribution in [0.1, 0.15) is 43.6 Å². The fourth-order valence-corrected chi connectivity index (χ4v) is 3.14. The number of halogens is 1. The van der Waals surface area contributed by atoms with Crippen LogP contribution in [0.4, 0.5) is 5.82 Å². The van der Waals surface area contributed by atoms with Gasteiger partial charge in [-0.05, 0) is 24.3 Å². The molecule has 0 radical (unpaired) electrons. The number of nitrogen functional groups attached to an aromatic ring is 1. The number of aromatic nitrogens is 2. The molecule has 1 aliphatic carbocycles. The standard InChI is InChI=1S/C16H18ClN3/c17-14-15(19-10-20-16(14)18)13-8-6-12(7-9-13)11-4-2-1-3-5-11/h6-11H,1-5H2,(H2,18,19,20). The molecule has 1 heterocycles. The van der Waals surface area contributed by atoms with E-state index in [1.165, 1.54) is 44.0 Å². The van der Waals surface area contributed by atoms with Gasteiger partial charge in [0, 0.05) is 5.56 Å². The Hall–Kier alpha value is -1.61. The molecule has 2 N–H and O–H groups in total. The summed E-state index contributed by atoms with van der Waals surface area (Å²) in [5, 5.41) is 0.429. The van der Waals surface area contributed by atoms with E-state index in [1.807, 2.05) is 0 Å². The average molecular weight is 288 g/mol. The van der Waals surface area contributed by atoms with Crippen molar-refractivity contribution >= 4 is 17.4 Å². The molecule has 3 nitrogen and oxygen atoms in total. The predicted molar refractivity (Wildman–Crippen MR) is 82.7 cm³/mol. The Morgan fingerprint density at radius 3 is 2.40 bits per heavy atom. The molecule has 0 aliphatic heterocycles. The van der Waals surface area contributed by atoms with E-state index in [0.29, 0.717) is 22.5 Å². The quantitative estimate of drug-likeness (QED) is 0.889. The van der Waals surface area contributed by atoms with Gasteiger partial charge in [0.1, 0.15) is 17.2 Å². The Bertz CT molecular complexity index is 589. The normalized spacial score (nSPS) is 16.2. The highest BCUT2D eigenvalue weighted by atomic mass is 35.5. The van der Waals surface area contributed by atoms with Crippen molar-refractivity contribution in [2.24, 2.45) is 0 Å². The minimum absolute atomic E-state index is 0.327. The Balaban J connectivity index is 1.87. The van der Waals surface area contributed by atoms with Crippen LogP contribution in [0, 0.1) is 0 Å². The maximum Gasteiger partial charge on any atom is 0.146 e. The van der Waals surface area contributed by atoms with Crippen LogP contribution in [0.5, 0.6) is 0 Å². The van der Waals surface area contributed by atoms with Crippen molar-refractivity contribution in [3.8, 4) is 11.3 Å². The summed E-state index contributed by atoms with van der Waals surface area (Å²) in [6.45, 7) is 0. The van der Waals surface area contributed by atoms with Gasteiger partial charge in [-0.1, -0.05) is 55.1 Å². The molecule has 4 heteroatoms. The number of hydrogen-bond acceptors (Lipinski definition) is 3. The topological polar surface area (TPSA) is 51.8 Å². The van der Waals surface area contributed by atoms with Gasteiger partial charge in [0.2, 0.25) is 0 Å². The molecule has 104 valence electrons. The fraction of sp³-hybridized carbons (Fsp3) is 0.375. The van der Waals surface area contributed by atoms with Gasteiger partial charge >= 0.3 is 0 Å². The molecule has 0 bridgehead atoms. The largest absolute Gasteiger partial charge is 0.382 e. The average Bonchev–Trinajstić information content (AvgIpc) is 2.51. The van der Waals surface area contributed by atoms with Gasteiger partial charge in [-0.15, -0.1) is 0 Å². The number of nitrogens with two attached hydrogens (primary N) is 1. The molecular formula is C16H18ClN3. The molecular weight excluding hydrogens is 270 g/mol. The third-order valence-electron chi connectivity index (χ3n) is 4.08. The second-order valence-corrected chi connectivity index (χ2v) is 5.76. The van der Waals surface area contributed by atoms with E-state index in [2.05, 4.69) is 34.2 Å². The summed E-state index contributed by atoms with van der Waals surface area (Å²) < 4.78 is 0. The third-order valence-corrected chi connectivity index (χ3v) is 4.45. The Labute approximate surface area is 124 Å². The van der Waals surface area contributed by atoms with E-state index in [1.54, 1.807) is 0 Å². The fourth-order valence-electron chi connectivity index (χ4n) is 2.93. The highest BCUT2D eigenvalue weighted by Crippen LogP contribution is 2.34. The zero-order valence-electron chi connectivity index (χ0n) is 11.3. The van der Waals surface area contributed by atoms with Crippen molar-refractivity contribution in [3.05, 3.63) is 41.2 Å². The molecule has 0 saturated heterocycles. The van der Waals surface area contributed by atoms with E-state index in [-0.39, 0.29) is 0 Å². The maximum absolute atomic E-state index is 6.17. The Morgan fingerprint density at radius 2 is 1.70 bits per heavy atom. The van der Waals surface area contributed by atoms with Gasteiger partial charge in [0.05, 0.1) is 5.69 Å². The predicted octanol–water partition coefficient (Wildman–Crippen LogP) is 4.43. The van der Waals surface area contributed by atoms with Gasteiger partial charge in [-0.2, -0.15) is 0 Å². The Morgan fingerprint density at radius 1 is 1.00 bits per heavy atom. The van der Waals surface area contributed by atoms with Gasteiger partial charge < -0.3 is 5.73 Å². The molecule has 1 saturated carbocycles. The lowest BCUT2D eigenvalue weighted by atomic mass is 9.84. The van der Waals surface area contributed by atoms with Crippen LogP contribution in [-0.4, -0.2) is 9.97 Å². The minimum Gasteiger partial charge on any atom is -0.382 e. The first-order chi connectivity index (χ1) is 9.75. The summed E-state index contributed by atoms with van der Waals surface area (Å²) >= 11 is 6.17. The SMILES string of the molecule is Nc1ncnc(-c2ccc(C3CCCCC3)cc2)c1Cl. The number of anilines is 1. The summed E-state index contributed by atoms with van der Waals surface area (Å²) in [7, 11) is 0. The van der Waals surface area contributed by atoms with Crippen molar-refractivity contribution < 1.29 is 0 Å². The van der Waals surface area contributed by atoms with Crippen molar-refractivity contribution in [3.63, 3.8) is 0 Å². The first kappa shape index (κ1) is 13.4. The molecule has 0 atom stereocenters. The molecule has 1 aromatic heterocycles. The molecule has 0 spiro atoms. The van der Waals surface area contributed by atoms with E-state index in [0.717, 1.165) is 5.56 Å². The number of benzene rings is 1. The molecule has 1 aliphatic rings. The lowest BCUT2D eigenvalue weighted by Crippen LogP contribution is -2.04. The monoisotopic (exact) mass is 287 g/mol. The van der Waals surface area contributed by atoms with E-state index >= 15 is 0 Å². The van der Waals surface area contributed by atoms with Crippen molar-refractivity contribution in [2.75, 3.05) is 5.73 Å². The third kappa shape index (κ3) is 2.63. The second kappa shape index (κ2) is 5.80. The van der Waals surface area contributed by atoms with Crippen molar-refractivity contribution in [2.45, 2.75) is 38.0 Å². The number of nitrogens with zero attached hydrogens (tertiary/aromatic N) is 2. The highest BCUT2D eigenvalue weighted by molar-refractivity contribution is 6.35. The van der Waals surface area contributed by atoms with Crippen LogP contribution in [0.25, 0.3) is 11.3 Å². The van der Waals surface area contributed by atoms with E-state index < -0.39 is 0 Å². The van der Waals surface area contributed by atoms with Gasteiger partial charge in [-0.25, -0.2) is 9.97 Å². The summed E-state index contributed by atoms with van der Waals surface area (Å²) in [5.41, 5.74) is 8.84. The summed E-state index contributed by atoms with van der Waals surface area (Å²) in [5.74, 6) is 1.04. The number of hydrogen-bond donors (Lipinski definition) is 1. The summed E-state index contributed by atoms with van der Waals surface area (Å²) in [4.78, 5) is 8.12. The molecule has 0 amide bonds. The molecule has 1 fully saturated rings. The van der Waals surface area contributed by atoms with Crippen LogP contribution >= 0.6 is 11.6 Å². The maximum atomic E-state index is 6.17. The van der Waals surface area contributed by atoms with Gasteiger partial charge in [-0.3, -0.25) is 0 Å². The van der Waals surface area contributed by atoms with Crippen LogP contribution in [0.3, 0.4) is 0 Å². The van der Waals surface area contributed by atoms with E-state index in [9.17, 15) is 0 Å². The van der Waals surface area contributed by atoms with Crippen LogP contribution in [0.15, 0.2) is 30.6 Å². The van der Waals surface area contributed by atoms with Crippen LogP contribution < -0.4 is 5.73 Å². The second-order valence-electron chi connectivity index (χ2n) is 5.38. The molecule has 3 rings (SSSR count). The zero-order valence-corrected chi connectivity index (χ0v) is 12.1. The smallest absolute Gasteiger partial charge is 0.146 e. The molecule has 20 heavy (non-hydrogen) atoms. The summed E-state index contributed by atoms with van der Waals surface area (Å²) in [6, 6.07) is 8.55. The minimum atomic E-state index is 0.327. The van der Waals surface area contributed by atoms with Crippen LogP contribution in [0.2, 0.25) is 5.02 Å². The first-order valence-corrected chi connectivity index (χ1v) is 7.50. The molecule has 2 aromatic rings. The lowest BCUT2D eigenvalue weighted by Gasteiger charge is -2.22. The van der Waals surface area contributed by atoms with Gasteiger partial charge in [0.25, 0.3) is 0 Å². The zero-order chi connectivity index (χ0) is 13.9. The molecule has 1 aromatic carbocycles. The van der Waals surface area contributed by atoms with E-state index in [4.69, 9.17) is 17.3 Å². The molecule has 0 unspecified atom stereocenters. The number of rotatable bonds is 2.